The second kappa shape index (κ2) is 60.6. The van der Waals surface area contributed by atoms with Gasteiger partial charge in [0.1, 0.15) is 0 Å². The number of rotatable bonds is 66. The van der Waals surface area contributed by atoms with E-state index in [1.807, 2.05) is 34.1 Å². The van der Waals surface area contributed by atoms with Gasteiger partial charge in [-0.2, -0.15) is 0 Å². The molecule has 0 aromatic heterocycles. The zero-order valence-electron chi connectivity index (χ0n) is 53.5. The fourth-order valence-electron chi connectivity index (χ4n) is 11.0. The van der Waals surface area contributed by atoms with E-state index in [-0.39, 0.29) is 26.4 Å². The Morgan fingerprint density at radius 2 is 0.400 bits per heavy atom. The minimum Gasteiger partial charge on any atom is -0.389 e. The molecule has 4 N–H and O–H groups in total. The van der Waals surface area contributed by atoms with E-state index in [4.69, 9.17) is 18.9 Å². The van der Waals surface area contributed by atoms with Gasteiger partial charge in [0.15, 0.2) is 0 Å². The molecule has 474 valence electrons. The van der Waals surface area contributed by atoms with Crippen LogP contribution in [0.3, 0.4) is 0 Å². The SMILES string of the molecule is CCCCCCCCCCCCCOCC(O)CN(CC(O)COCCCCCCCCCCCCC)c1ccc(N(CC(O)COCCCCCCCCCCCCC)CC(O)COCCCCCCCCCCCCC)cc1. The average Bonchev–Trinajstić information content (AvgIpc) is 3.45. The van der Waals surface area contributed by atoms with Crippen LogP contribution in [0.4, 0.5) is 11.4 Å². The molecule has 10 nitrogen and oxygen atoms in total. The molecule has 1 aromatic carbocycles. The molecule has 1 rings (SSSR count). The lowest BCUT2D eigenvalue weighted by Gasteiger charge is -2.32. The van der Waals surface area contributed by atoms with Crippen molar-refractivity contribution in [1.82, 2.24) is 0 Å². The number of ether oxygens (including phenoxy) is 4. The Morgan fingerprint density at radius 1 is 0.250 bits per heavy atom. The number of hydrogen-bond acceptors (Lipinski definition) is 10. The normalized spacial score (nSPS) is 13.3. The van der Waals surface area contributed by atoms with Crippen LogP contribution in [-0.2, 0) is 18.9 Å². The summed E-state index contributed by atoms with van der Waals surface area (Å²) in [6.45, 7) is 13.8. The molecule has 4 unspecified atom stereocenters. The molecular formula is C70H136N2O8. The Kier molecular flexibility index (Phi) is 58.0. The van der Waals surface area contributed by atoms with Crippen LogP contribution < -0.4 is 9.80 Å². The molecule has 0 amide bonds. The first kappa shape index (κ1) is 76.5. The summed E-state index contributed by atoms with van der Waals surface area (Å²) < 4.78 is 24.1. The van der Waals surface area contributed by atoms with E-state index in [1.165, 1.54) is 231 Å². The van der Waals surface area contributed by atoms with Crippen LogP contribution >= 0.6 is 0 Å². The van der Waals surface area contributed by atoms with E-state index in [0.717, 1.165) is 62.7 Å². The van der Waals surface area contributed by atoms with E-state index in [0.29, 0.717) is 52.6 Å². The predicted molar refractivity (Wildman–Crippen MR) is 344 cm³/mol. The van der Waals surface area contributed by atoms with Gasteiger partial charge in [-0.25, -0.2) is 0 Å². The van der Waals surface area contributed by atoms with Crippen molar-refractivity contribution in [2.24, 2.45) is 0 Å². The van der Waals surface area contributed by atoms with E-state index >= 15 is 0 Å². The number of aliphatic hydroxyl groups excluding tert-OH is 4. The van der Waals surface area contributed by atoms with Crippen LogP contribution in [0.5, 0.6) is 0 Å². The van der Waals surface area contributed by atoms with Gasteiger partial charge in [0, 0.05) is 64.0 Å². The molecule has 0 radical (unpaired) electrons. The number of hydrogen-bond donors (Lipinski definition) is 4. The molecule has 0 bridgehead atoms. The van der Waals surface area contributed by atoms with Crippen LogP contribution in [0.15, 0.2) is 24.3 Å². The van der Waals surface area contributed by atoms with Crippen molar-refractivity contribution >= 4 is 11.4 Å². The fourth-order valence-corrected chi connectivity index (χ4v) is 11.0. The third-order valence-corrected chi connectivity index (χ3v) is 16.1. The minimum absolute atomic E-state index is 0.240. The smallest absolute Gasteiger partial charge is 0.0948 e. The molecule has 0 fully saturated rings. The van der Waals surface area contributed by atoms with E-state index < -0.39 is 24.4 Å². The van der Waals surface area contributed by atoms with Crippen molar-refractivity contribution in [3.63, 3.8) is 0 Å². The number of anilines is 2. The monoisotopic (exact) mass is 1130 g/mol. The van der Waals surface area contributed by atoms with Crippen LogP contribution in [0.2, 0.25) is 0 Å². The lowest BCUT2D eigenvalue weighted by Crippen LogP contribution is -2.42. The molecule has 1 aromatic rings. The summed E-state index contributed by atoms with van der Waals surface area (Å²) in [4.78, 5) is 4.07. The van der Waals surface area contributed by atoms with Gasteiger partial charge in [0.25, 0.3) is 0 Å². The first-order chi connectivity index (χ1) is 39.3. The third kappa shape index (κ3) is 51.0. The summed E-state index contributed by atoms with van der Waals surface area (Å²) in [5.41, 5.74) is 1.74. The molecule has 0 spiro atoms. The van der Waals surface area contributed by atoms with Crippen molar-refractivity contribution in [3.8, 4) is 0 Å². The Morgan fingerprint density at radius 3 is 0.562 bits per heavy atom. The standard InChI is InChI=1S/C70H136N2O8/c1-5-9-13-17-21-25-29-33-37-41-45-53-77-61-67(73)57-71(58-68(74)62-78-54-46-42-38-34-30-26-22-18-14-10-6-2)65-49-51-66(52-50-65)72(59-69(75)63-79-55-47-43-39-35-31-27-23-19-15-11-7-3)60-70(76)64-80-56-48-44-40-36-32-28-24-20-16-12-8-4/h49-52,67-70,73-76H,5-48,53-64H2,1-4H3. The lowest BCUT2D eigenvalue weighted by atomic mass is 10.1. The zero-order valence-corrected chi connectivity index (χ0v) is 53.5. The molecule has 0 aliphatic heterocycles. The molecule has 0 saturated heterocycles. The van der Waals surface area contributed by atoms with Crippen molar-refractivity contribution in [3.05, 3.63) is 24.3 Å². The first-order valence-electron chi connectivity index (χ1n) is 35.0. The van der Waals surface area contributed by atoms with Crippen LogP contribution in [0, 0.1) is 0 Å². The highest BCUT2D eigenvalue weighted by Gasteiger charge is 2.21. The quantitative estimate of drug-likeness (QED) is 0.0469. The number of aliphatic hydroxyl groups is 4. The van der Waals surface area contributed by atoms with Gasteiger partial charge < -0.3 is 49.2 Å². The number of unbranched alkanes of at least 4 members (excludes halogenated alkanes) is 40. The van der Waals surface area contributed by atoms with Gasteiger partial charge in [0.2, 0.25) is 0 Å². The zero-order chi connectivity index (χ0) is 57.9. The van der Waals surface area contributed by atoms with E-state index in [9.17, 15) is 20.4 Å². The maximum absolute atomic E-state index is 11.3. The number of benzene rings is 1. The molecular weight excluding hydrogens is 997 g/mol. The van der Waals surface area contributed by atoms with E-state index in [1.54, 1.807) is 0 Å². The van der Waals surface area contributed by atoms with Crippen molar-refractivity contribution in [2.45, 2.75) is 335 Å². The molecule has 0 saturated carbocycles. The summed E-state index contributed by atoms with van der Waals surface area (Å²) in [7, 11) is 0. The van der Waals surface area contributed by atoms with Gasteiger partial charge >= 0.3 is 0 Å². The Balaban J connectivity index is 2.88. The molecule has 4 atom stereocenters. The van der Waals surface area contributed by atoms with Gasteiger partial charge in [0.05, 0.1) is 50.8 Å². The maximum Gasteiger partial charge on any atom is 0.0948 e. The molecule has 0 aliphatic rings. The van der Waals surface area contributed by atoms with E-state index in [2.05, 4.69) is 27.7 Å². The van der Waals surface area contributed by atoms with Crippen LogP contribution in [-0.4, -0.2) is 124 Å². The first-order valence-corrected chi connectivity index (χ1v) is 35.0. The second-order valence-electron chi connectivity index (χ2n) is 24.4. The summed E-state index contributed by atoms with van der Waals surface area (Å²) >= 11 is 0. The van der Waals surface area contributed by atoms with Gasteiger partial charge in [-0.1, -0.05) is 285 Å². The lowest BCUT2D eigenvalue weighted by molar-refractivity contribution is 0.0282. The second-order valence-corrected chi connectivity index (χ2v) is 24.4. The van der Waals surface area contributed by atoms with Crippen molar-refractivity contribution < 1.29 is 39.4 Å². The highest BCUT2D eigenvalue weighted by atomic mass is 16.5. The number of nitrogens with zero attached hydrogens (tertiary/aromatic N) is 2. The average molecular weight is 1130 g/mol. The summed E-state index contributed by atoms with van der Waals surface area (Å²) in [5, 5.41) is 45.3. The molecule has 80 heavy (non-hydrogen) atoms. The highest BCUT2D eigenvalue weighted by molar-refractivity contribution is 5.57. The molecule has 0 aliphatic carbocycles. The predicted octanol–water partition coefficient (Wildman–Crippen LogP) is 18.1. The Labute approximate surface area is 496 Å². The van der Waals surface area contributed by atoms with Crippen LogP contribution in [0.25, 0.3) is 0 Å². The summed E-state index contributed by atoms with van der Waals surface area (Å²) in [6.07, 6.45) is 53.6. The van der Waals surface area contributed by atoms with Gasteiger partial charge in [-0.15, -0.1) is 0 Å². The summed E-state index contributed by atoms with van der Waals surface area (Å²) in [6, 6.07) is 8.07. The third-order valence-electron chi connectivity index (χ3n) is 16.1. The molecule has 0 heterocycles. The van der Waals surface area contributed by atoms with Gasteiger partial charge in [-0.3, -0.25) is 0 Å². The minimum atomic E-state index is -0.733. The van der Waals surface area contributed by atoms with Crippen LogP contribution in [0.1, 0.15) is 310 Å². The highest BCUT2D eigenvalue weighted by Crippen LogP contribution is 2.24. The Hall–Kier alpha value is -1.50. The Bertz CT molecular complexity index is 1170. The van der Waals surface area contributed by atoms with Crippen molar-refractivity contribution in [2.75, 3.05) is 88.8 Å². The van der Waals surface area contributed by atoms with Crippen molar-refractivity contribution in [1.29, 1.82) is 0 Å². The molecule has 10 heteroatoms. The maximum atomic E-state index is 11.3. The summed E-state index contributed by atoms with van der Waals surface area (Å²) in [5.74, 6) is 0. The largest absolute Gasteiger partial charge is 0.389 e. The fraction of sp³-hybridized carbons (Fsp3) is 0.914. The topological polar surface area (TPSA) is 124 Å². The van der Waals surface area contributed by atoms with Gasteiger partial charge in [-0.05, 0) is 49.9 Å².